The molecule has 2 aromatic rings. The van der Waals surface area contributed by atoms with Crippen LogP contribution in [0.4, 0.5) is 5.69 Å². The van der Waals surface area contributed by atoms with Gasteiger partial charge in [-0.2, -0.15) is 0 Å². The number of nitrogens with one attached hydrogen (secondary N) is 1. The molecule has 0 spiro atoms. The molecule has 1 aliphatic rings. The molecule has 1 heterocycles. The van der Waals surface area contributed by atoms with E-state index in [-0.39, 0.29) is 24.2 Å². The Hall–Kier alpha value is -2.41. The van der Waals surface area contributed by atoms with E-state index in [1.807, 2.05) is 30.3 Å². The first-order valence-corrected chi connectivity index (χ1v) is 9.73. The summed E-state index contributed by atoms with van der Waals surface area (Å²) in [5, 5.41) is 2.85. The lowest BCUT2D eigenvalue weighted by atomic mass is 10.1. The fraction of sp³-hybridized carbons (Fsp3) is 0.364. The van der Waals surface area contributed by atoms with Gasteiger partial charge in [0, 0.05) is 37.5 Å². The van der Waals surface area contributed by atoms with Gasteiger partial charge < -0.3 is 20.7 Å². The van der Waals surface area contributed by atoms with Gasteiger partial charge in [-0.3, -0.25) is 9.59 Å². The summed E-state index contributed by atoms with van der Waals surface area (Å²) in [6.07, 6.45) is 1.99. The van der Waals surface area contributed by atoms with Crippen LogP contribution >= 0.6 is 12.4 Å². The highest BCUT2D eigenvalue weighted by molar-refractivity contribution is 5.98. The summed E-state index contributed by atoms with van der Waals surface area (Å²) in [6.45, 7) is 2.09. The molecule has 0 aromatic heterocycles. The van der Waals surface area contributed by atoms with Crippen molar-refractivity contribution < 1.29 is 14.3 Å². The predicted molar refractivity (Wildman–Crippen MR) is 116 cm³/mol. The number of amides is 2. The molecule has 7 heteroatoms. The van der Waals surface area contributed by atoms with Gasteiger partial charge in [-0.05, 0) is 43.0 Å². The van der Waals surface area contributed by atoms with Crippen molar-refractivity contribution in [2.24, 2.45) is 5.73 Å². The zero-order valence-corrected chi connectivity index (χ0v) is 17.2. The molecule has 1 fully saturated rings. The summed E-state index contributed by atoms with van der Waals surface area (Å²) < 4.78 is 5.41. The van der Waals surface area contributed by atoms with Crippen molar-refractivity contribution in [1.29, 1.82) is 0 Å². The Balaban J connectivity index is 0.00000300. The van der Waals surface area contributed by atoms with Crippen molar-refractivity contribution >= 4 is 29.9 Å². The van der Waals surface area contributed by atoms with Crippen LogP contribution in [0, 0.1) is 0 Å². The molecule has 29 heavy (non-hydrogen) atoms. The van der Waals surface area contributed by atoms with Gasteiger partial charge in [0.15, 0.2) is 0 Å². The highest BCUT2D eigenvalue weighted by Crippen LogP contribution is 2.17. The number of carbonyl (C=O) groups excluding carboxylic acids is 2. The number of carbonyl (C=O) groups is 2. The topological polar surface area (TPSA) is 84.7 Å². The van der Waals surface area contributed by atoms with Crippen molar-refractivity contribution in [3.8, 4) is 0 Å². The van der Waals surface area contributed by atoms with Crippen LogP contribution in [0.5, 0.6) is 0 Å². The highest BCUT2D eigenvalue weighted by atomic mass is 35.5. The standard InChI is InChI=1S/C22H27N3O3.ClH/c23-12-14-25(13-11-17-6-2-1-3-7-17)22(27)18-8-4-9-19(16-18)24-21(26)20-10-5-15-28-20;/h1-4,6-9,16,20H,5,10-15,23H2,(H,24,26);1H. The highest BCUT2D eigenvalue weighted by Gasteiger charge is 2.24. The molecular formula is C22H28ClN3O3. The minimum absolute atomic E-state index is 0. The monoisotopic (exact) mass is 417 g/mol. The first-order chi connectivity index (χ1) is 13.7. The Morgan fingerprint density at radius 3 is 2.59 bits per heavy atom. The van der Waals surface area contributed by atoms with Gasteiger partial charge in [0.25, 0.3) is 11.8 Å². The summed E-state index contributed by atoms with van der Waals surface area (Å²) >= 11 is 0. The third kappa shape index (κ3) is 6.56. The SMILES string of the molecule is Cl.NCCN(CCc1ccccc1)C(=O)c1cccc(NC(=O)C2CCCO2)c1. The first kappa shape index (κ1) is 22.9. The van der Waals surface area contributed by atoms with E-state index in [0.717, 1.165) is 19.3 Å². The predicted octanol–water partition coefficient (Wildman–Crippen LogP) is 2.87. The number of halogens is 1. The maximum atomic E-state index is 13.0. The van der Waals surface area contributed by atoms with E-state index < -0.39 is 6.10 Å². The number of ether oxygens (including phenoxy) is 1. The minimum Gasteiger partial charge on any atom is -0.368 e. The molecule has 0 bridgehead atoms. The third-order valence-corrected chi connectivity index (χ3v) is 4.80. The van der Waals surface area contributed by atoms with E-state index >= 15 is 0 Å². The molecule has 0 radical (unpaired) electrons. The second-order valence-electron chi connectivity index (χ2n) is 6.89. The van der Waals surface area contributed by atoms with Crippen LogP contribution in [0.2, 0.25) is 0 Å². The molecule has 2 aromatic carbocycles. The molecule has 1 aliphatic heterocycles. The van der Waals surface area contributed by atoms with Crippen LogP contribution in [-0.2, 0) is 16.0 Å². The summed E-state index contributed by atoms with van der Waals surface area (Å²) in [4.78, 5) is 27.0. The number of anilines is 1. The third-order valence-electron chi connectivity index (χ3n) is 4.80. The number of nitrogens with two attached hydrogens (primary N) is 1. The quantitative estimate of drug-likeness (QED) is 0.691. The molecule has 2 amide bonds. The molecule has 6 nitrogen and oxygen atoms in total. The van der Waals surface area contributed by atoms with Crippen LogP contribution in [-0.4, -0.2) is 49.1 Å². The Kier molecular flexibility index (Phi) is 9.12. The van der Waals surface area contributed by atoms with Crippen LogP contribution in [0.1, 0.15) is 28.8 Å². The normalized spacial score (nSPS) is 15.4. The summed E-state index contributed by atoms with van der Waals surface area (Å²) in [5.41, 5.74) is 8.02. The average molecular weight is 418 g/mol. The van der Waals surface area contributed by atoms with Gasteiger partial charge in [-0.25, -0.2) is 0 Å². The largest absolute Gasteiger partial charge is 0.368 e. The van der Waals surface area contributed by atoms with Gasteiger partial charge >= 0.3 is 0 Å². The number of benzene rings is 2. The molecule has 156 valence electrons. The average Bonchev–Trinajstić information content (AvgIpc) is 3.27. The molecule has 0 aliphatic carbocycles. The van der Waals surface area contributed by atoms with Gasteiger partial charge in [-0.15, -0.1) is 12.4 Å². The van der Waals surface area contributed by atoms with Crippen molar-refractivity contribution in [2.45, 2.75) is 25.4 Å². The van der Waals surface area contributed by atoms with E-state index in [0.29, 0.717) is 37.5 Å². The maximum Gasteiger partial charge on any atom is 0.253 e. The number of hydrogen-bond acceptors (Lipinski definition) is 4. The van der Waals surface area contributed by atoms with Crippen molar-refractivity contribution in [1.82, 2.24) is 4.90 Å². The minimum atomic E-state index is -0.404. The van der Waals surface area contributed by atoms with E-state index in [1.54, 1.807) is 29.2 Å². The number of hydrogen-bond donors (Lipinski definition) is 2. The van der Waals surface area contributed by atoms with Crippen LogP contribution in [0.3, 0.4) is 0 Å². The zero-order chi connectivity index (χ0) is 19.8. The second-order valence-corrected chi connectivity index (χ2v) is 6.89. The van der Waals surface area contributed by atoms with Crippen LogP contribution in [0.15, 0.2) is 54.6 Å². The van der Waals surface area contributed by atoms with E-state index in [2.05, 4.69) is 5.32 Å². The van der Waals surface area contributed by atoms with Crippen LogP contribution in [0.25, 0.3) is 0 Å². The smallest absolute Gasteiger partial charge is 0.253 e. The lowest BCUT2D eigenvalue weighted by Gasteiger charge is -2.22. The number of nitrogens with zero attached hydrogens (tertiary/aromatic N) is 1. The number of rotatable bonds is 8. The maximum absolute atomic E-state index is 13.0. The molecule has 0 saturated carbocycles. The van der Waals surface area contributed by atoms with E-state index in [4.69, 9.17) is 10.5 Å². The molecule has 1 atom stereocenters. The molecule has 3 N–H and O–H groups in total. The second kappa shape index (κ2) is 11.6. The van der Waals surface area contributed by atoms with Gasteiger partial charge in [-0.1, -0.05) is 36.4 Å². The fourth-order valence-electron chi connectivity index (χ4n) is 3.30. The van der Waals surface area contributed by atoms with Gasteiger partial charge in [0.1, 0.15) is 6.10 Å². The van der Waals surface area contributed by atoms with E-state index in [9.17, 15) is 9.59 Å². The molecule has 3 rings (SSSR count). The van der Waals surface area contributed by atoms with Crippen molar-refractivity contribution in [3.05, 3.63) is 65.7 Å². The lowest BCUT2D eigenvalue weighted by Crippen LogP contribution is -2.37. The van der Waals surface area contributed by atoms with Crippen molar-refractivity contribution in [3.63, 3.8) is 0 Å². The fourth-order valence-corrected chi connectivity index (χ4v) is 3.30. The summed E-state index contributed by atoms with van der Waals surface area (Å²) in [5.74, 6) is -0.250. The molecule has 1 saturated heterocycles. The van der Waals surface area contributed by atoms with Gasteiger partial charge in [0.05, 0.1) is 0 Å². The lowest BCUT2D eigenvalue weighted by molar-refractivity contribution is -0.124. The first-order valence-electron chi connectivity index (χ1n) is 9.73. The Bertz CT molecular complexity index is 795. The van der Waals surface area contributed by atoms with Gasteiger partial charge in [0.2, 0.25) is 0 Å². The molecular weight excluding hydrogens is 390 g/mol. The summed E-state index contributed by atoms with van der Waals surface area (Å²) in [6, 6.07) is 17.1. The van der Waals surface area contributed by atoms with Crippen LogP contribution < -0.4 is 11.1 Å². The van der Waals surface area contributed by atoms with E-state index in [1.165, 1.54) is 5.56 Å². The Morgan fingerprint density at radius 1 is 1.10 bits per heavy atom. The Morgan fingerprint density at radius 2 is 1.90 bits per heavy atom. The zero-order valence-electron chi connectivity index (χ0n) is 16.4. The Labute approximate surface area is 177 Å². The molecule has 1 unspecified atom stereocenters. The van der Waals surface area contributed by atoms with Crippen molar-refractivity contribution in [2.75, 3.05) is 31.6 Å². The summed E-state index contributed by atoms with van der Waals surface area (Å²) in [7, 11) is 0.